The van der Waals surface area contributed by atoms with Crippen LogP contribution in [-0.4, -0.2) is 13.3 Å². The summed E-state index contributed by atoms with van der Waals surface area (Å²) in [5.74, 6) is 0. The number of sulfonamides is 1. The highest BCUT2D eigenvalue weighted by Crippen LogP contribution is 2.19. The number of nitro benzene ring substituents is 1. The lowest BCUT2D eigenvalue weighted by atomic mass is 10.1. The molecule has 0 aromatic heterocycles. The minimum absolute atomic E-state index is 0.00272. The van der Waals surface area contributed by atoms with E-state index in [4.69, 9.17) is 0 Å². The van der Waals surface area contributed by atoms with Crippen molar-refractivity contribution in [1.29, 1.82) is 0 Å². The van der Waals surface area contributed by atoms with E-state index in [1.165, 1.54) is 24.3 Å². The molecular formula is C15H16N2O4S. The Kier molecular flexibility index (Phi) is 4.58. The topological polar surface area (TPSA) is 89.3 Å². The first-order valence-electron chi connectivity index (χ1n) is 6.63. The number of non-ortho nitro benzene ring substituents is 1. The lowest BCUT2D eigenvalue weighted by Crippen LogP contribution is -2.26. The van der Waals surface area contributed by atoms with E-state index in [0.29, 0.717) is 0 Å². The number of hydrogen-bond donors (Lipinski definition) is 1. The maximum absolute atomic E-state index is 12.3. The van der Waals surface area contributed by atoms with Gasteiger partial charge in [-0.3, -0.25) is 10.1 Å². The van der Waals surface area contributed by atoms with Gasteiger partial charge in [0.05, 0.1) is 9.82 Å². The second kappa shape index (κ2) is 6.25. The molecule has 22 heavy (non-hydrogen) atoms. The van der Waals surface area contributed by atoms with Crippen LogP contribution in [0.25, 0.3) is 0 Å². The zero-order valence-corrected chi connectivity index (χ0v) is 13.0. The Morgan fingerprint density at radius 2 is 1.59 bits per heavy atom. The highest BCUT2D eigenvalue weighted by atomic mass is 32.2. The molecular weight excluding hydrogens is 304 g/mol. The minimum atomic E-state index is -3.73. The molecule has 0 amide bonds. The van der Waals surface area contributed by atoms with Gasteiger partial charge in [0.15, 0.2) is 0 Å². The number of nitrogens with zero attached hydrogens (tertiary/aromatic N) is 1. The Balaban J connectivity index is 2.19. The van der Waals surface area contributed by atoms with Gasteiger partial charge in [0.25, 0.3) is 5.69 Å². The van der Waals surface area contributed by atoms with Gasteiger partial charge < -0.3 is 0 Å². The number of nitro groups is 1. The molecule has 2 aromatic carbocycles. The zero-order valence-electron chi connectivity index (χ0n) is 12.2. The van der Waals surface area contributed by atoms with Crippen molar-refractivity contribution in [1.82, 2.24) is 4.72 Å². The van der Waals surface area contributed by atoms with E-state index in [1.807, 2.05) is 31.2 Å². The van der Waals surface area contributed by atoms with Crippen molar-refractivity contribution in [2.24, 2.45) is 0 Å². The molecule has 0 spiro atoms. The molecule has 0 aliphatic carbocycles. The van der Waals surface area contributed by atoms with Gasteiger partial charge in [-0.2, -0.15) is 0 Å². The third kappa shape index (κ3) is 3.69. The van der Waals surface area contributed by atoms with Crippen LogP contribution in [-0.2, 0) is 10.0 Å². The summed E-state index contributed by atoms with van der Waals surface area (Å²) in [6, 6.07) is 11.9. The van der Waals surface area contributed by atoms with Crippen LogP contribution in [0.5, 0.6) is 0 Å². The molecule has 6 nitrogen and oxygen atoms in total. The minimum Gasteiger partial charge on any atom is -0.258 e. The van der Waals surface area contributed by atoms with Gasteiger partial charge in [-0.1, -0.05) is 29.8 Å². The molecule has 0 saturated carbocycles. The molecule has 1 atom stereocenters. The van der Waals surface area contributed by atoms with Crippen molar-refractivity contribution in [3.05, 3.63) is 69.8 Å². The lowest BCUT2D eigenvalue weighted by Gasteiger charge is -2.15. The predicted molar refractivity (Wildman–Crippen MR) is 83.0 cm³/mol. The zero-order chi connectivity index (χ0) is 16.3. The second-order valence-corrected chi connectivity index (χ2v) is 6.72. The molecule has 2 rings (SSSR count). The summed E-state index contributed by atoms with van der Waals surface area (Å²) in [4.78, 5) is 10.0. The number of nitrogens with one attached hydrogen (secondary N) is 1. The van der Waals surface area contributed by atoms with Crippen LogP contribution >= 0.6 is 0 Å². The monoisotopic (exact) mass is 320 g/mol. The van der Waals surface area contributed by atoms with E-state index in [9.17, 15) is 18.5 Å². The van der Waals surface area contributed by atoms with E-state index in [1.54, 1.807) is 6.92 Å². The number of benzene rings is 2. The van der Waals surface area contributed by atoms with Crippen LogP contribution in [0.4, 0.5) is 5.69 Å². The number of hydrogen-bond acceptors (Lipinski definition) is 4. The summed E-state index contributed by atoms with van der Waals surface area (Å²) in [5, 5.41) is 10.6. The molecule has 0 fully saturated rings. The first-order valence-corrected chi connectivity index (χ1v) is 8.11. The third-order valence-electron chi connectivity index (χ3n) is 3.27. The fraction of sp³-hybridized carbons (Fsp3) is 0.200. The standard InChI is InChI=1S/C15H16N2O4S/c1-11-3-5-13(6-4-11)12(2)16-22(20,21)15-9-7-14(8-10-15)17(18)19/h3-10,12,16H,1-2H3. The molecule has 0 aliphatic rings. The van der Waals surface area contributed by atoms with Gasteiger partial charge in [0, 0.05) is 18.2 Å². The fourth-order valence-corrected chi connectivity index (χ4v) is 3.20. The van der Waals surface area contributed by atoms with Gasteiger partial charge in [-0.25, -0.2) is 13.1 Å². The average molecular weight is 320 g/mol. The van der Waals surface area contributed by atoms with Crippen molar-refractivity contribution in [2.75, 3.05) is 0 Å². The number of aryl methyl sites for hydroxylation is 1. The normalized spacial score (nSPS) is 12.8. The van der Waals surface area contributed by atoms with Crippen LogP contribution in [0, 0.1) is 17.0 Å². The SMILES string of the molecule is Cc1ccc(C(C)NS(=O)(=O)c2ccc([N+](=O)[O-])cc2)cc1. The Bertz CT molecular complexity index is 768. The van der Waals surface area contributed by atoms with Crippen molar-refractivity contribution in [2.45, 2.75) is 24.8 Å². The van der Waals surface area contributed by atoms with Gasteiger partial charge in [0.1, 0.15) is 0 Å². The summed E-state index contributed by atoms with van der Waals surface area (Å²) < 4.78 is 27.1. The van der Waals surface area contributed by atoms with Crippen LogP contribution in [0.2, 0.25) is 0 Å². The van der Waals surface area contributed by atoms with Gasteiger partial charge in [0.2, 0.25) is 10.0 Å². The maximum atomic E-state index is 12.3. The molecule has 2 aromatic rings. The van der Waals surface area contributed by atoms with Crippen LogP contribution < -0.4 is 4.72 Å². The van der Waals surface area contributed by atoms with Crippen molar-refractivity contribution < 1.29 is 13.3 Å². The lowest BCUT2D eigenvalue weighted by molar-refractivity contribution is -0.384. The number of rotatable bonds is 5. The van der Waals surface area contributed by atoms with Crippen molar-refractivity contribution in [3.63, 3.8) is 0 Å². The summed E-state index contributed by atoms with van der Waals surface area (Å²) in [7, 11) is -3.73. The van der Waals surface area contributed by atoms with Gasteiger partial charge >= 0.3 is 0 Å². The highest BCUT2D eigenvalue weighted by molar-refractivity contribution is 7.89. The van der Waals surface area contributed by atoms with E-state index < -0.39 is 21.0 Å². The molecule has 7 heteroatoms. The van der Waals surface area contributed by atoms with Crippen molar-refractivity contribution in [3.8, 4) is 0 Å². The fourth-order valence-electron chi connectivity index (χ4n) is 1.97. The summed E-state index contributed by atoms with van der Waals surface area (Å²) in [6.07, 6.45) is 0. The smallest absolute Gasteiger partial charge is 0.258 e. The predicted octanol–water partition coefficient (Wildman–Crippen LogP) is 2.94. The van der Waals surface area contributed by atoms with E-state index in [-0.39, 0.29) is 10.6 Å². The van der Waals surface area contributed by atoms with Gasteiger partial charge in [-0.15, -0.1) is 0 Å². The quantitative estimate of drug-likeness (QED) is 0.677. The van der Waals surface area contributed by atoms with E-state index >= 15 is 0 Å². The Labute approximate surface area is 129 Å². The summed E-state index contributed by atoms with van der Waals surface area (Å²) in [5.41, 5.74) is 1.79. The summed E-state index contributed by atoms with van der Waals surface area (Å²) in [6.45, 7) is 3.70. The van der Waals surface area contributed by atoms with E-state index in [2.05, 4.69) is 4.72 Å². The third-order valence-corrected chi connectivity index (χ3v) is 4.82. The summed E-state index contributed by atoms with van der Waals surface area (Å²) >= 11 is 0. The molecule has 1 unspecified atom stereocenters. The molecule has 0 aliphatic heterocycles. The largest absolute Gasteiger partial charge is 0.269 e. The Hall–Kier alpha value is -2.25. The first kappa shape index (κ1) is 16.1. The first-order chi connectivity index (χ1) is 10.3. The maximum Gasteiger partial charge on any atom is 0.269 e. The molecule has 116 valence electrons. The molecule has 0 saturated heterocycles. The highest BCUT2D eigenvalue weighted by Gasteiger charge is 2.19. The van der Waals surface area contributed by atoms with Crippen LogP contribution in [0.1, 0.15) is 24.1 Å². The van der Waals surface area contributed by atoms with Crippen molar-refractivity contribution >= 4 is 15.7 Å². The average Bonchev–Trinajstić information content (AvgIpc) is 2.47. The van der Waals surface area contributed by atoms with Gasteiger partial charge in [-0.05, 0) is 31.5 Å². The molecule has 1 N–H and O–H groups in total. The Morgan fingerprint density at radius 3 is 2.09 bits per heavy atom. The molecule has 0 radical (unpaired) electrons. The van der Waals surface area contributed by atoms with Crippen LogP contribution in [0.3, 0.4) is 0 Å². The second-order valence-electron chi connectivity index (χ2n) is 5.00. The van der Waals surface area contributed by atoms with Crippen LogP contribution in [0.15, 0.2) is 53.4 Å². The molecule has 0 bridgehead atoms. The Morgan fingerprint density at radius 1 is 1.05 bits per heavy atom. The van der Waals surface area contributed by atoms with E-state index in [0.717, 1.165) is 11.1 Å². The molecule has 0 heterocycles.